The summed E-state index contributed by atoms with van der Waals surface area (Å²) >= 11 is 0. The summed E-state index contributed by atoms with van der Waals surface area (Å²) in [5, 5.41) is 13.7. The molecule has 0 bridgehead atoms. The number of nitrogens with two attached hydrogens (primary N) is 1. The molecule has 96 valence electrons. The average Bonchev–Trinajstić information content (AvgIpc) is 2.37. The third-order valence-corrected chi connectivity index (χ3v) is 3.14. The Bertz CT molecular complexity index is 540. The predicted octanol–water partition coefficient (Wildman–Crippen LogP) is 2.25. The van der Waals surface area contributed by atoms with Crippen molar-refractivity contribution in [1.29, 1.82) is 0 Å². The number of pyridine rings is 1. The molecule has 2 rings (SSSR count). The van der Waals surface area contributed by atoms with E-state index in [9.17, 15) is 5.11 Å². The highest BCUT2D eigenvalue weighted by Gasteiger charge is 2.15. The van der Waals surface area contributed by atoms with Crippen LogP contribution in [-0.4, -0.2) is 22.7 Å². The minimum Gasteiger partial charge on any atom is -0.396 e. The smallest absolute Gasteiger partial charge is 0.0743 e. The highest BCUT2D eigenvalue weighted by molar-refractivity contribution is 5.96. The molecule has 0 saturated heterocycles. The van der Waals surface area contributed by atoms with Crippen LogP contribution >= 0.6 is 0 Å². The summed E-state index contributed by atoms with van der Waals surface area (Å²) in [6.45, 7) is 4.20. The van der Waals surface area contributed by atoms with E-state index in [1.54, 1.807) is 6.20 Å². The molecular formula is C14H19N3O. The van der Waals surface area contributed by atoms with E-state index in [1.165, 1.54) is 0 Å². The summed E-state index contributed by atoms with van der Waals surface area (Å²) in [5.74, 6) is 0.321. The third-order valence-electron chi connectivity index (χ3n) is 3.14. The molecule has 1 heterocycles. The number of benzene rings is 1. The maximum absolute atomic E-state index is 9.40. The molecule has 0 saturated carbocycles. The van der Waals surface area contributed by atoms with Gasteiger partial charge in [-0.3, -0.25) is 4.98 Å². The highest BCUT2D eigenvalue weighted by atomic mass is 16.3. The standard InChI is InChI=1S/C14H19N3O/c1-9(2)13(8-18)17-14-10-5-3-4-6-12(10)16-7-11(14)15/h3-7,9,13,18H,8,15H2,1-2H3,(H,16,17)/t13-/m1/s1. The van der Waals surface area contributed by atoms with E-state index in [2.05, 4.69) is 24.1 Å². The van der Waals surface area contributed by atoms with Crippen LogP contribution in [0.2, 0.25) is 0 Å². The van der Waals surface area contributed by atoms with Crippen molar-refractivity contribution in [1.82, 2.24) is 4.98 Å². The van der Waals surface area contributed by atoms with Crippen molar-refractivity contribution >= 4 is 22.3 Å². The van der Waals surface area contributed by atoms with Crippen molar-refractivity contribution in [2.24, 2.45) is 5.92 Å². The Morgan fingerprint density at radius 3 is 2.72 bits per heavy atom. The lowest BCUT2D eigenvalue weighted by molar-refractivity contribution is 0.249. The second kappa shape index (κ2) is 5.23. The summed E-state index contributed by atoms with van der Waals surface area (Å²) in [7, 11) is 0. The molecule has 0 amide bonds. The van der Waals surface area contributed by atoms with Gasteiger partial charge in [0.15, 0.2) is 0 Å². The normalized spacial score (nSPS) is 12.9. The van der Waals surface area contributed by atoms with Gasteiger partial charge in [-0.25, -0.2) is 0 Å². The number of aliphatic hydroxyl groups excluding tert-OH is 1. The third kappa shape index (κ3) is 2.38. The zero-order valence-electron chi connectivity index (χ0n) is 10.7. The van der Waals surface area contributed by atoms with Crippen molar-refractivity contribution in [2.75, 3.05) is 17.7 Å². The van der Waals surface area contributed by atoms with Crippen LogP contribution in [0.3, 0.4) is 0 Å². The lowest BCUT2D eigenvalue weighted by Gasteiger charge is -2.23. The van der Waals surface area contributed by atoms with Crippen molar-refractivity contribution < 1.29 is 5.11 Å². The average molecular weight is 245 g/mol. The van der Waals surface area contributed by atoms with Crippen molar-refractivity contribution in [3.05, 3.63) is 30.5 Å². The number of aliphatic hydroxyl groups is 1. The highest BCUT2D eigenvalue weighted by Crippen LogP contribution is 2.28. The molecule has 4 N–H and O–H groups in total. The Hall–Kier alpha value is -1.81. The first kappa shape index (κ1) is 12.6. The van der Waals surface area contributed by atoms with Crippen LogP contribution in [0.5, 0.6) is 0 Å². The fourth-order valence-corrected chi connectivity index (χ4v) is 1.93. The monoisotopic (exact) mass is 245 g/mol. The second-order valence-corrected chi connectivity index (χ2v) is 4.78. The number of hydrogen-bond donors (Lipinski definition) is 3. The number of para-hydroxylation sites is 1. The van der Waals surface area contributed by atoms with Gasteiger partial charge in [-0.15, -0.1) is 0 Å². The molecule has 1 aromatic heterocycles. The number of aromatic nitrogens is 1. The van der Waals surface area contributed by atoms with Gasteiger partial charge in [0, 0.05) is 5.39 Å². The topological polar surface area (TPSA) is 71.2 Å². The molecule has 0 fully saturated rings. The number of fused-ring (bicyclic) bond motifs is 1. The van der Waals surface area contributed by atoms with Crippen LogP contribution < -0.4 is 11.1 Å². The van der Waals surface area contributed by atoms with Gasteiger partial charge in [-0.1, -0.05) is 32.0 Å². The number of nitrogens with one attached hydrogen (secondary N) is 1. The van der Waals surface area contributed by atoms with Gasteiger partial charge in [-0.2, -0.15) is 0 Å². The molecule has 0 aliphatic heterocycles. The Morgan fingerprint density at radius 1 is 1.33 bits per heavy atom. The predicted molar refractivity (Wildman–Crippen MR) is 75.5 cm³/mol. The van der Waals surface area contributed by atoms with Crippen LogP contribution in [0.25, 0.3) is 10.9 Å². The maximum Gasteiger partial charge on any atom is 0.0743 e. The Balaban J connectivity index is 2.45. The molecule has 18 heavy (non-hydrogen) atoms. The molecule has 0 radical (unpaired) electrons. The minimum atomic E-state index is -0.0156. The van der Waals surface area contributed by atoms with Crippen molar-refractivity contribution in [3.63, 3.8) is 0 Å². The fraction of sp³-hybridized carbons (Fsp3) is 0.357. The fourth-order valence-electron chi connectivity index (χ4n) is 1.93. The van der Waals surface area contributed by atoms with E-state index >= 15 is 0 Å². The van der Waals surface area contributed by atoms with Crippen LogP contribution in [0.4, 0.5) is 11.4 Å². The molecule has 4 heteroatoms. The van der Waals surface area contributed by atoms with Gasteiger partial charge in [-0.05, 0) is 12.0 Å². The zero-order valence-corrected chi connectivity index (χ0v) is 10.7. The summed E-state index contributed by atoms with van der Waals surface area (Å²) in [4.78, 5) is 4.29. The molecule has 0 spiro atoms. The lowest BCUT2D eigenvalue weighted by atomic mass is 10.0. The first-order valence-corrected chi connectivity index (χ1v) is 6.14. The Kier molecular flexibility index (Phi) is 3.67. The van der Waals surface area contributed by atoms with Gasteiger partial charge >= 0.3 is 0 Å². The number of rotatable bonds is 4. The molecule has 0 aliphatic rings. The molecule has 2 aromatic rings. The lowest BCUT2D eigenvalue weighted by Crippen LogP contribution is -2.29. The molecule has 4 nitrogen and oxygen atoms in total. The molecule has 0 unspecified atom stereocenters. The first-order chi connectivity index (χ1) is 8.63. The van der Waals surface area contributed by atoms with Crippen LogP contribution in [0.15, 0.2) is 30.5 Å². The van der Waals surface area contributed by atoms with E-state index in [-0.39, 0.29) is 12.6 Å². The number of nitrogens with zero attached hydrogens (tertiary/aromatic N) is 1. The second-order valence-electron chi connectivity index (χ2n) is 4.78. The number of hydrogen-bond acceptors (Lipinski definition) is 4. The summed E-state index contributed by atoms with van der Waals surface area (Å²) in [6, 6.07) is 7.82. The van der Waals surface area contributed by atoms with E-state index in [1.807, 2.05) is 24.3 Å². The Labute approximate surface area is 107 Å². The van der Waals surface area contributed by atoms with E-state index in [0.29, 0.717) is 11.6 Å². The van der Waals surface area contributed by atoms with Crippen LogP contribution in [0.1, 0.15) is 13.8 Å². The summed E-state index contributed by atoms with van der Waals surface area (Å²) in [6.07, 6.45) is 1.65. The largest absolute Gasteiger partial charge is 0.396 e. The summed E-state index contributed by atoms with van der Waals surface area (Å²) < 4.78 is 0. The van der Waals surface area contributed by atoms with Gasteiger partial charge in [0.2, 0.25) is 0 Å². The number of nitrogen functional groups attached to an aromatic ring is 1. The Morgan fingerprint density at radius 2 is 2.06 bits per heavy atom. The van der Waals surface area contributed by atoms with Crippen LogP contribution in [0, 0.1) is 5.92 Å². The molecular weight excluding hydrogens is 226 g/mol. The van der Waals surface area contributed by atoms with Crippen LogP contribution in [-0.2, 0) is 0 Å². The summed E-state index contributed by atoms with van der Waals surface area (Å²) in [5.41, 5.74) is 8.34. The van der Waals surface area contributed by atoms with Crippen molar-refractivity contribution in [3.8, 4) is 0 Å². The van der Waals surface area contributed by atoms with Gasteiger partial charge in [0.25, 0.3) is 0 Å². The minimum absolute atomic E-state index is 0.0156. The molecule has 1 atom stereocenters. The SMILES string of the molecule is CC(C)[C@@H](CO)Nc1c(N)cnc2ccccc12. The quantitative estimate of drug-likeness (QED) is 0.772. The maximum atomic E-state index is 9.40. The van der Waals surface area contributed by atoms with Gasteiger partial charge in [0.1, 0.15) is 0 Å². The van der Waals surface area contributed by atoms with Crippen molar-refractivity contribution in [2.45, 2.75) is 19.9 Å². The number of anilines is 2. The van der Waals surface area contributed by atoms with E-state index in [4.69, 9.17) is 5.73 Å². The molecule has 0 aliphatic carbocycles. The van der Waals surface area contributed by atoms with Gasteiger partial charge < -0.3 is 16.2 Å². The van der Waals surface area contributed by atoms with E-state index in [0.717, 1.165) is 16.6 Å². The van der Waals surface area contributed by atoms with E-state index < -0.39 is 0 Å². The molecule has 1 aromatic carbocycles. The zero-order chi connectivity index (χ0) is 13.1. The van der Waals surface area contributed by atoms with Gasteiger partial charge in [0.05, 0.1) is 35.7 Å². The first-order valence-electron chi connectivity index (χ1n) is 6.14.